The minimum atomic E-state index is 0.0227. The maximum Gasteiger partial charge on any atom is 0.246 e. The molecule has 0 aromatic rings. The Morgan fingerprint density at radius 2 is 2.15 bits per heavy atom. The van der Waals surface area contributed by atoms with Crippen LogP contribution in [0.3, 0.4) is 0 Å². The average molecular weight is 183 g/mol. The number of carbonyl (C=O) groups excluding carboxylic acids is 1. The van der Waals surface area contributed by atoms with Gasteiger partial charge in [0.2, 0.25) is 5.91 Å². The summed E-state index contributed by atoms with van der Waals surface area (Å²) in [5, 5.41) is 2.74. The summed E-state index contributed by atoms with van der Waals surface area (Å²) in [6.45, 7) is 7.67. The molecule has 74 valence electrons. The fourth-order valence-electron chi connectivity index (χ4n) is 1.35. The van der Waals surface area contributed by atoms with Gasteiger partial charge in [-0.25, -0.2) is 0 Å². The zero-order valence-corrected chi connectivity index (χ0v) is 8.34. The Morgan fingerprint density at radius 1 is 1.46 bits per heavy atom. The van der Waals surface area contributed by atoms with Crippen molar-refractivity contribution in [3.63, 3.8) is 0 Å². The van der Waals surface area contributed by atoms with Gasteiger partial charge in [-0.05, 0) is 13.1 Å². The lowest BCUT2D eigenvalue weighted by Gasteiger charge is -2.17. The molecule has 1 aliphatic rings. The first kappa shape index (κ1) is 10.2. The van der Waals surface area contributed by atoms with Crippen molar-refractivity contribution >= 4 is 11.7 Å². The lowest BCUT2D eigenvalue weighted by atomic mass is 10.3. The summed E-state index contributed by atoms with van der Waals surface area (Å²) in [6.07, 6.45) is 0.855. The van der Waals surface area contributed by atoms with Gasteiger partial charge in [-0.1, -0.05) is 13.8 Å². The maximum atomic E-state index is 10.8. The molecule has 0 unspecified atom stereocenters. The predicted molar refractivity (Wildman–Crippen MR) is 52.8 cm³/mol. The molecule has 0 fully saturated rings. The molecule has 0 radical (unpaired) electrons. The summed E-state index contributed by atoms with van der Waals surface area (Å²) in [4.78, 5) is 17.2. The number of nitrogens with zero attached hydrogens (tertiary/aromatic N) is 2. The molecule has 1 rings (SSSR count). The second-order valence-corrected chi connectivity index (χ2v) is 3.09. The minimum absolute atomic E-state index is 0.0227. The summed E-state index contributed by atoms with van der Waals surface area (Å²) in [7, 11) is 0. The second-order valence-electron chi connectivity index (χ2n) is 3.09. The van der Waals surface area contributed by atoms with Crippen molar-refractivity contribution in [3.05, 3.63) is 0 Å². The van der Waals surface area contributed by atoms with Gasteiger partial charge in [0.1, 0.15) is 12.4 Å². The fourth-order valence-corrected chi connectivity index (χ4v) is 1.35. The van der Waals surface area contributed by atoms with Crippen LogP contribution in [-0.2, 0) is 4.79 Å². The Labute approximate surface area is 79.0 Å². The summed E-state index contributed by atoms with van der Waals surface area (Å²) in [5.74, 6) is 0.867. The molecule has 4 heteroatoms. The van der Waals surface area contributed by atoms with Crippen LogP contribution in [0, 0.1) is 0 Å². The number of nitrogens with one attached hydrogen (secondary N) is 1. The van der Waals surface area contributed by atoms with Gasteiger partial charge in [0.15, 0.2) is 0 Å². The van der Waals surface area contributed by atoms with Crippen LogP contribution in [0.15, 0.2) is 4.99 Å². The molecule has 0 saturated heterocycles. The molecule has 13 heavy (non-hydrogen) atoms. The molecule has 1 amide bonds. The van der Waals surface area contributed by atoms with Crippen LogP contribution in [-0.4, -0.2) is 42.8 Å². The van der Waals surface area contributed by atoms with E-state index in [0.717, 1.165) is 31.9 Å². The van der Waals surface area contributed by atoms with E-state index < -0.39 is 0 Å². The van der Waals surface area contributed by atoms with Crippen molar-refractivity contribution in [3.8, 4) is 0 Å². The van der Waals surface area contributed by atoms with Crippen LogP contribution in [0.25, 0.3) is 0 Å². The van der Waals surface area contributed by atoms with Crippen LogP contribution in [0.1, 0.15) is 20.3 Å². The fraction of sp³-hybridized carbons (Fsp3) is 0.778. The van der Waals surface area contributed by atoms with E-state index in [9.17, 15) is 4.79 Å². The maximum absolute atomic E-state index is 10.8. The van der Waals surface area contributed by atoms with Crippen molar-refractivity contribution in [2.24, 2.45) is 4.99 Å². The molecule has 4 nitrogen and oxygen atoms in total. The number of carbonyl (C=O) groups is 1. The van der Waals surface area contributed by atoms with Crippen molar-refractivity contribution in [1.29, 1.82) is 0 Å². The number of hydrogen-bond acceptors (Lipinski definition) is 3. The normalized spacial score (nSPS) is 16.2. The Balaban J connectivity index is 2.22. The molecule has 1 heterocycles. The van der Waals surface area contributed by atoms with Crippen LogP contribution in [0.2, 0.25) is 0 Å². The van der Waals surface area contributed by atoms with E-state index in [-0.39, 0.29) is 5.91 Å². The molecular weight excluding hydrogens is 166 g/mol. The van der Waals surface area contributed by atoms with E-state index >= 15 is 0 Å². The van der Waals surface area contributed by atoms with Crippen molar-refractivity contribution < 1.29 is 4.79 Å². The number of amides is 1. The first-order chi connectivity index (χ1) is 6.26. The number of amidine groups is 1. The Morgan fingerprint density at radius 3 is 2.62 bits per heavy atom. The highest BCUT2D eigenvalue weighted by molar-refractivity contribution is 6.03. The van der Waals surface area contributed by atoms with Crippen LogP contribution in [0.4, 0.5) is 0 Å². The zero-order chi connectivity index (χ0) is 9.68. The first-order valence-corrected chi connectivity index (χ1v) is 4.81. The van der Waals surface area contributed by atoms with Gasteiger partial charge in [0.05, 0.1) is 0 Å². The van der Waals surface area contributed by atoms with E-state index in [1.54, 1.807) is 0 Å². The van der Waals surface area contributed by atoms with E-state index in [4.69, 9.17) is 0 Å². The molecule has 1 aliphatic heterocycles. The van der Waals surface area contributed by atoms with E-state index in [1.807, 2.05) is 0 Å². The molecule has 0 atom stereocenters. The number of aliphatic imine (C=N–C) groups is 1. The third-order valence-electron chi connectivity index (χ3n) is 2.26. The third kappa shape index (κ3) is 3.14. The molecule has 0 aromatic carbocycles. The molecule has 0 aromatic heterocycles. The lowest BCUT2D eigenvalue weighted by molar-refractivity contribution is -0.117. The summed E-state index contributed by atoms with van der Waals surface area (Å²) in [5.41, 5.74) is 0. The number of hydrogen-bond donors (Lipinski definition) is 1. The quantitative estimate of drug-likeness (QED) is 0.664. The highest BCUT2D eigenvalue weighted by Gasteiger charge is 2.13. The molecule has 0 spiro atoms. The Hall–Kier alpha value is -0.900. The van der Waals surface area contributed by atoms with Crippen LogP contribution in [0.5, 0.6) is 0 Å². The molecule has 0 saturated carbocycles. The van der Waals surface area contributed by atoms with Gasteiger partial charge in [0, 0.05) is 13.0 Å². The minimum Gasteiger partial charge on any atom is -0.313 e. The van der Waals surface area contributed by atoms with Gasteiger partial charge in [-0.3, -0.25) is 9.79 Å². The highest BCUT2D eigenvalue weighted by Crippen LogP contribution is 1.96. The molecular formula is C9H17N3O. The van der Waals surface area contributed by atoms with E-state index in [1.165, 1.54) is 0 Å². The standard InChI is InChI=1S/C9H17N3O/c1-3-12(4-2)6-5-8-10-7-9(13)11-8/h3-7H2,1-2H3,(H,10,11,13). The third-order valence-corrected chi connectivity index (χ3v) is 2.26. The van der Waals surface area contributed by atoms with Crippen molar-refractivity contribution in [2.75, 3.05) is 26.2 Å². The predicted octanol–water partition coefficient (Wildman–Crippen LogP) is 0.247. The van der Waals surface area contributed by atoms with E-state index in [0.29, 0.717) is 6.54 Å². The van der Waals surface area contributed by atoms with Gasteiger partial charge in [-0.15, -0.1) is 0 Å². The number of rotatable bonds is 5. The van der Waals surface area contributed by atoms with Gasteiger partial charge in [0.25, 0.3) is 0 Å². The van der Waals surface area contributed by atoms with Crippen LogP contribution >= 0.6 is 0 Å². The Kier molecular flexibility index (Phi) is 3.89. The Bertz CT molecular complexity index is 209. The smallest absolute Gasteiger partial charge is 0.246 e. The monoisotopic (exact) mass is 183 g/mol. The highest BCUT2D eigenvalue weighted by atomic mass is 16.2. The summed E-state index contributed by atoms with van der Waals surface area (Å²) >= 11 is 0. The van der Waals surface area contributed by atoms with Gasteiger partial charge < -0.3 is 10.2 Å². The van der Waals surface area contributed by atoms with Gasteiger partial charge in [-0.2, -0.15) is 0 Å². The van der Waals surface area contributed by atoms with Crippen LogP contribution < -0.4 is 5.32 Å². The van der Waals surface area contributed by atoms with Crippen molar-refractivity contribution in [2.45, 2.75) is 20.3 Å². The molecule has 1 N–H and O–H groups in total. The SMILES string of the molecule is CCN(CC)CCC1=NCC(=O)N1. The summed E-state index contributed by atoms with van der Waals surface area (Å²) < 4.78 is 0. The topological polar surface area (TPSA) is 44.7 Å². The largest absolute Gasteiger partial charge is 0.313 e. The van der Waals surface area contributed by atoms with Gasteiger partial charge >= 0.3 is 0 Å². The van der Waals surface area contributed by atoms with E-state index in [2.05, 4.69) is 29.1 Å². The zero-order valence-electron chi connectivity index (χ0n) is 8.34. The first-order valence-electron chi connectivity index (χ1n) is 4.81. The summed E-state index contributed by atoms with van der Waals surface area (Å²) in [6, 6.07) is 0. The lowest BCUT2D eigenvalue weighted by Crippen LogP contribution is -2.30. The molecule has 0 aliphatic carbocycles. The van der Waals surface area contributed by atoms with Crippen molar-refractivity contribution in [1.82, 2.24) is 10.2 Å². The molecule has 0 bridgehead atoms. The second kappa shape index (κ2) is 4.97. The average Bonchev–Trinajstić information content (AvgIpc) is 2.53.